The van der Waals surface area contributed by atoms with Gasteiger partial charge in [0.2, 0.25) is 5.54 Å². The molecule has 1 aliphatic carbocycles. The van der Waals surface area contributed by atoms with E-state index in [4.69, 9.17) is 27.9 Å². The van der Waals surface area contributed by atoms with Crippen LogP contribution in [-0.4, -0.2) is 47.9 Å². The largest absolute Gasteiger partial charge is 0.415 e. The molecule has 2 fully saturated rings. The molecule has 0 amide bonds. The molecule has 0 aromatic heterocycles. The third kappa shape index (κ3) is 2.19. The zero-order chi connectivity index (χ0) is 15.3. The second-order valence-corrected chi connectivity index (χ2v) is 5.74. The quantitative estimate of drug-likeness (QED) is 0.627. The van der Waals surface area contributed by atoms with Crippen LogP contribution in [0.5, 0.6) is 0 Å². The SMILES string of the molecule is FC(F)(F)C1(C(F)(F)F)N[C@@H]2[C@@H](Cl)[C@@H]1C[C@H]2OCCCl. The fraction of sp³-hybridized carbons (Fsp3) is 1.00. The van der Waals surface area contributed by atoms with Crippen molar-refractivity contribution in [2.45, 2.75) is 41.8 Å². The highest BCUT2D eigenvalue weighted by molar-refractivity contribution is 6.22. The first kappa shape index (κ1) is 16.5. The maximum absolute atomic E-state index is 13.0. The van der Waals surface area contributed by atoms with E-state index in [-0.39, 0.29) is 12.5 Å². The number of rotatable bonds is 3. The predicted octanol–water partition coefficient (Wildman–Crippen LogP) is 3.07. The predicted molar refractivity (Wildman–Crippen MR) is 60.0 cm³/mol. The number of nitrogens with one attached hydrogen (secondary N) is 1. The molecule has 1 aliphatic heterocycles. The molecule has 0 unspecified atom stereocenters. The molecule has 2 rings (SSSR count). The second-order valence-electron chi connectivity index (χ2n) is 4.86. The van der Waals surface area contributed by atoms with Gasteiger partial charge in [0.05, 0.1) is 24.1 Å². The molecule has 118 valence electrons. The van der Waals surface area contributed by atoms with E-state index in [0.717, 1.165) is 0 Å². The van der Waals surface area contributed by atoms with Crippen LogP contribution < -0.4 is 5.32 Å². The molecule has 1 N–H and O–H groups in total. The summed E-state index contributed by atoms with van der Waals surface area (Å²) in [6.45, 7) is 0.0474. The summed E-state index contributed by atoms with van der Waals surface area (Å²) in [7, 11) is 0. The number of fused-ring (bicyclic) bond motifs is 2. The topological polar surface area (TPSA) is 21.3 Å². The number of halogens is 8. The van der Waals surface area contributed by atoms with Gasteiger partial charge in [0.15, 0.2) is 0 Å². The molecule has 0 spiro atoms. The van der Waals surface area contributed by atoms with Gasteiger partial charge in [0.25, 0.3) is 0 Å². The average Bonchev–Trinajstić information content (AvgIpc) is 2.75. The summed E-state index contributed by atoms with van der Waals surface area (Å²) in [5.74, 6) is -1.71. The number of piperidine rings is 1. The average molecular weight is 346 g/mol. The number of hydrogen-bond donors (Lipinski definition) is 1. The minimum atomic E-state index is -5.48. The lowest BCUT2D eigenvalue weighted by Crippen LogP contribution is -2.70. The van der Waals surface area contributed by atoms with E-state index in [1.807, 2.05) is 0 Å². The van der Waals surface area contributed by atoms with Crippen LogP contribution in [0.1, 0.15) is 6.42 Å². The van der Waals surface area contributed by atoms with E-state index in [1.165, 1.54) is 0 Å². The molecule has 1 saturated carbocycles. The Bertz CT molecular complexity index is 360. The molecule has 4 atom stereocenters. The second kappa shape index (κ2) is 5.07. The maximum Gasteiger partial charge on any atom is 0.415 e. The highest BCUT2D eigenvalue weighted by Crippen LogP contribution is 2.58. The summed E-state index contributed by atoms with van der Waals surface area (Å²) in [6.07, 6.45) is -12.1. The van der Waals surface area contributed by atoms with Gasteiger partial charge in [-0.15, -0.1) is 23.2 Å². The first-order valence-corrected chi connectivity index (χ1v) is 6.76. The van der Waals surface area contributed by atoms with Gasteiger partial charge >= 0.3 is 12.4 Å². The number of hydrogen-bond acceptors (Lipinski definition) is 2. The summed E-state index contributed by atoms with van der Waals surface area (Å²) < 4.78 is 83.3. The Morgan fingerprint density at radius 2 is 1.70 bits per heavy atom. The first-order valence-electron chi connectivity index (χ1n) is 5.79. The fourth-order valence-electron chi connectivity index (χ4n) is 3.05. The van der Waals surface area contributed by atoms with Gasteiger partial charge in [-0.1, -0.05) is 0 Å². The first-order chi connectivity index (χ1) is 9.06. The minimum absolute atomic E-state index is 0.0474. The normalized spacial score (nSPS) is 36.6. The van der Waals surface area contributed by atoms with Crippen molar-refractivity contribution >= 4 is 23.2 Å². The van der Waals surface area contributed by atoms with Crippen LogP contribution >= 0.6 is 23.2 Å². The number of ether oxygens (including phenoxy) is 1. The van der Waals surface area contributed by atoms with Gasteiger partial charge in [-0.25, -0.2) is 0 Å². The summed E-state index contributed by atoms with van der Waals surface area (Å²) in [4.78, 5) is 0. The van der Waals surface area contributed by atoms with E-state index in [1.54, 1.807) is 5.32 Å². The van der Waals surface area contributed by atoms with E-state index in [9.17, 15) is 26.3 Å². The van der Waals surface area contributed by atoms with Crippen molar-refractivity contribution in [1.29, 1.82) is 0 Å². The summed E-state index contributed by atoms with van der Waals surface area (Å²) in [5.41, 5.74) is -3.96. The van der Waals surface area contributed by atoms with Crippen LogP contribution in [0.15, 0.2) is 0 Å². The van der Waals surface area contributed by atoms with Crippen molar-refractivity contribution in [3.8, 4) is 0 Å². The van der Waals surface area contributed by atoms with Gasteiger partial charge in [-0.3, -0.25) is 5.32 Å². The smallest absolute Gasteiger partial charge is 0.375 e. The van der Waals surface area contributed by atoms with E-state index >= 15 is 0 Å². The molecule has 2 aliphatic rings. The van der Waals surface area contributed by atoms with Crippen molar-refractivity contribution in [3.63, 3.8) is 0 Å². The molecular weight excluding hydrogens is 335 g/mol. The Kier molecular flexibility index (Phi) is 4.17. The van der Waals surface area contributed by atoms with Gasteiger partial charge in [0.1, 0.15) is 0 Å². The third-order valence-electron chi connectivity index (χ3n) is 3.87. The monoisotopic (exact) mass is 345 g/mol. The van der Waals surface area contributed by atoms with Crippen LogP contribution in [0.2, 0.25) is 0 Å². The Morgan fingerprint density at radius 1 is 1.15 bits per heavy atom. The minimum Gasteiger partial charge on any atom is -0.375 e. The van der Waals surface area contributed by atoms with Crippen molar-refractivity contribution in [2.75, 3.05) is 12.5 Å². The summed E-state index contributed by atoms with van der Waals surface area (Å²) in [5, 5.41) is 0.350. The summed E-state index contributed by atoms with van der Waals surface area (Å²) >= 11 is 11.2. The lowest BCUT2D eigenvalue weighted by Gasteiger charge is -2.42. The van der Waals surface area contributed by atoms with Crippen molar-refractivity contribution in [2.24, 2.45) is 5.92 Å². The van der Waals surface area contributed by atoms with Gasteiger partial charge < -0.3 is 4.74 Å². The summed E-state index contributed by atoms with van der Waals surface area (Å²) in [6, 6.07) is -1.20. The fourth-order valence-corrected chi connectivity index (χ4v) is 3.66. The Hall–Kier alpha value is 0.0800. The van der Waals surface area contributed by atoms with Gasteiger partial charge in [-0.2, -0.15) is 26.3 Å². The third-order valence-corrected chi connectivity index (χ3v) is 4.60. The molecule has 1 saturated heterocycles. The molecule has 1 heterocycles. The van der Waals surface area contributed by atoms with Gasteiger partial charge in [0, 0.05) is 11.8 Å². The number of alkyl halides is 8. The molecule has 2 nitrogen and oxygen atoms in total. The highest BCUT2D eigenvalue weighted by Gasteiger charge is 2.81. The standard InChI is InChI=1S/C10H11Cl2F6NO/c11-1-2-20-5-3-4-6(12)7(5)19-8(4,9(13,14)15)10(16,17)18/h4-7,19H,1-3H2/t4-,5+,6-,7-/m0/s1. The Morgan fingerprint density at radius 3 is 2.05 bits per heavy atom. The zero-order valence-corrected chi connectivity index (χ0v) is 11.4. The van der Waals surface area contributed by atoms with E-state index in [0.29, 0.717) is 0 Å². The van der Waals surface area contributed by atoms with Crippen LogP contribution in [0, 0.1) is 5.92 Å². The lowest BCUT2D eigenvalue weighted by molar-refractivity contribution is -0.321. The van der Waals surface area contributed by atoms with Crippen LogP contribution in [-0.2, 0) is 4.74 Å². The van der Waals surface area contributed by atoms with Crippen LogP contribution in [0.4, 0.5) is 26.3 Å². The molecule has 20 heavy (non-hydrogen) atoms. The molecule has 2 bridgehead atoms. The van der Waals surface area contributed by atoms with Crippen molar-refractivity contribution < 1.29 is 31.1 Å². The Labute approximate surface area is 120 Å². The van der Waals surface area contributed by atoms with Gasteiger partial charge in [-0.05, 0) is 6.42 Å². The molecule has 10 heteroatoms. The van der Waals surface area contributed by atoms with Crippen LogP contribution in [0.25, 0.3) is 0 Å². The molecule has 0 radical (unpaired) electrons. The molecule has 0 aromatic rings. The van der Waals surface area contributed by atoms with E-state index in [2.05, 4.69) is 0 Å². The van der Waals surface area contributed by atoms with Crippen molar-refractivity contribution in [1.82, 2.24) is 5.32 Å². The molecular formula is C10H11Cl2F6NO. The van der Waals surface area contributed by atoms with E-state index < -0.39 is 47.8 Å². The maximum atomic E-state index is 13.0. The van der Waals surface area contributed by atoms with Crippen LogP contribution in [0.3, 0.4) is 0 Å². The zero-order valence-electron chi connectivity index (χ0n) is 9.86. The highest BCUT2D eigenvalue weighted by atomic mass is 35.5. The van der Waals surface area contributed by atoms with Crippen molar-refractivity contribution in [3.05, 3.63) is 0 Å². The molecule has 0 aromatic carbocycles. The lowest BCUT2D eigenvalue weighted by atomic mass is 9.82. The Balaban J connectivity index is 2.29.